The van der Waals surface area contributed by atoms with Crippen LogP contribution in [0.25, 0.3) is 0 Å². The molecule has 5 nitrogen and oxygen atoms in total. The molecule has 1 aliphatic carbocycles. The molecule has 1 aliphatic heterocycles. The van der Waals surface area contributed by atoms with E-state index in [4.69, 9.17) is 9.47 Å². The van der Waals surface area contributed by atoms with Crippen LogP contribution in [0.2, 0.25) is 0 Å². The average molecular weight is 487 g/mol. The van der Waals surface area contributed by atoms with Crippen LogP contribution in [0.4, 0.5) is 0 Å². The van der Waals surface area contributed by atoms with Crippen LogP contribution in [-0.2, 0) is 15.9 Å². The van der Waals surface area contributed by atoms with Crippen LogP contribution in [0.5, 0.6) is 0 Å². The molecule has 27 heavy (non-hydrogen) atoms. The fourth-order valence-electron chi connectivity index (χ4n) is 3.88. The number of aliphatic imine (C=N–C) groups is 1. The SMILES string of the molecule is CN=C(NCCCOCC1CCCO1)NCC1CCCc2ccccc21.I. The molecule has 2 atom stereocenters. The Balaban J connectivity index is 0.00000261. The van der Waals surface area contributed by atoms with Crippen LogP contribution in [0.1, 0.15) is 49.1 Å². The van der Waals surface area contributed by atoms with E-state index in [0.29, 0.717) is 12.0 Å². The summed E-state index contributed by atoms with van der Waals surface area (Å²) in [5, 5.41) is 6.88. The van der Waals surface area contributed by atoms with Crippen molar-refractivity contribution in [3.05, 3.63) is 35.4 Å². The summed E-state index contributed by atoms with van der Waals surface area (Å²) >= 11 is 0. The molecule has 1 heterocycles. The van der Waals surface area contributed by atoms with Crippen LogP contribution in [0.15, 0.2) is 29.3 Å². The molecule has 0 spiro atoms. The number of aryl methyl sites for hydroxylation is 1. The quantitative estimate of drug-likeness (QED) is 0.255. The number of hydrogen-bond donors (Lipinski definition) is 2. The van der Waals surface area contributed by atoms with E-state index < -0.39 is 0 Å². The van der Waals surface area contributed by atoms with Gasteiger partial charge in [-0.25, -0.2) is 0 Å². The molecule has 6 heteroatoms. The lowest BCUT2D eigenvalue weighted by molar-refractivity contribution is 0.0168. The van der Waals surface area contributed by atoms with Crippen LogP contribution >= 0.6 is 24.0 Å². The maximum Gasteiger partial charge on any atom is 0.190 e. The molecule has 3 rings (SSSR count). The van der Waals surface area contributed by atoms with E-state index in [-0.39, 0.29) is 24.0 Å². The molecule has 152 valence electrons. The van der Waals surface area contributed by atoms with Gasteiger partial charge in [0.25, 0.3) is 0 Å². The second kappa shape index (κ2) is 12.6. The van der Waals surface area contributed by atoms with Crippen molar-refractivity contribution in [1.82, 2.24) is 10.6 Å². The number of fused-ring (bicyclic) bond motifs is 1. The first-order valence-electron chi connectivity index (χ1n) is 10.1. The number of hydrogen-bond acceptors (Lipinski definition) is 3. The molecular weight excluding hydrogens is 453 g/mol. The van der Waals surface area contributed by atoms with Crippen molar-refractivity contribution in [2.45, 2.75) is 50.5 Å². The lowest BCUT2D eigenvalue weighted by Gasteiger charge is -2.26. The van der Waals surface area contributed by atoms with E-state index in [1.54, 1.807) is 0 Å². The number of nitrogens with one attached hydrogen (secondary N) is 2. The first kappa shape index (κ1) is 22.4. The summed E-state index contributed by atoms with van der Waals surface area (Å²) in [5.74, 6) is 1.46. The zero-order valence-corrected chi connectivity index (χ0v) is 18.7. The Morgan fingerprint density at radius 1 is 1.22 bits per heavy atom. The van der Waals surface area contributed by atoms with Crippen molar-refractivity contribution in [2.24, 2.45) is 4.99 Å². The minimum Gasteiger partial charge on any atom is -0.379 e. The molecule has 0 amide bonds. The lowest BCUT2D eigenvalue weighted by atomic mass is 9.83. The average Bonchev–Trinajstić information content (AvgIpc) is 3.20. The highest BCUT2D eigenvalue weighted by Gasteiger charge is 2.19. The van der Waals surface area contributed by atoms with Crippen molar-refractivity contribution in [3.8, 4) is 0 Å². The molecule has 0 saturated carbocycles. The van der Waals surface area contributed by atoms with Crippen LogP contribution in [0, 0.1) is 0 Å². The molecule has 0 bridgehead atoms. The Hall–Kier alpha value is -0.860. The van der Waals surface area contributed by atoms with E-state index in [2.05, 4.69) is 39.9 Å². The minimum atomic E-state index is 0. The van der Waals surface area contributed by atoms with Gasteiger partial charge in [-0.2, -0.15) is 0 Å². The standard InChI is InChI=1S/C21H33N3O2.HI/c1-22-21(23-12-6-13-25-16-19-10-5-14-26-19)24-15-18-9-4-8-17-7-2-3-11-20(17)18;/h2-3,7,11,18-19H,4-6,8-10,12-16H2,1H3,(H2,22,23,24);1H. The first-order valence-corrected chi connectivity index (χ1v) is 10.1. The molecule has 1 fully saturated rings. The maximum atomic E-state index is 5.70. The number of halogens is 1. The van der Waals surface area contributed by atoms with Gasteiger partial charge >= 0.3 is 0 Å². The zero-order valence-electron chi connectivity index (χ0n) is 16.4. The van der Waals surface area contributed by atoms with Gasteiger partial charge in [-0.1, -0.05) is 24.3 Å². The fourth-order valence-corrected chi connectivity index (χ4v) is 3.88. The number of ether oxygens (including phenoxy) is 2. The molecule has 1 aromatic carbocycles. The number of benzene rings is 1. The molecule has 2 N–H and O–H groups in total. The Bertz CT molecular complexity index is 576. The van der Waals surface area contributed by atoms with E-state index in [0.717, 1.165) is 51.7 Å². The van der Waals surface area contributed by atoms with Gasteiger partial charge in [-0.15, -0.1) is 24.0 Å². The van der Waals surface area contributed by atoms with Crippen molar-refractivity contribution in [3.63, 3.8) is 0 Å². The smallest absolute Gasteiger partial charge is 0.190 e. The monoisotopic (exact) mass is 487 g/mol. The first-order chi connectivity index (χ1) is 12.9. The minimum absolute atomic E-state index is 0. The largest absolute Gasteiger partial charge is 0.379 e. The molecular formula is C21H34IN3O2. The van der Waals surface area contributed by atoms with Gasteiger partial charge in [0.2, 0.25) is 0 Å². The second-order valence-electron chi connectivity index (χ2n) is 7.23. The Morgan fingerprint density at radius 2 is 2.11 bits per heavy atom. The summed E-state index contributed by atoms with van der Waals surface area (Å²) in [6.45, 7) is 4.19. The number of nitrogens with zero attached hydrogens (tertiary/aromatic N) is 1. The van der Waals surface area contributed by atoms with Crippen LogP contribution in [-0.4, -0.2) is 52.0 Å². The Morgan fingerprint density at radius 3 is 2.93 bits per heavy atom. The number of rotatable bonds is 8. The van der Waals surface area contributed by atoms with Crippen LogP contribution in [0.3, 0.4) is 0 Å². The van der Waals surface area contributed by atoms with Gasteiger partial charge in [0.05, 0.1) is 12.7 Å². The third-order valence-electron chi connectivity index (χ3n) is 5.32. The van der Waals surface area contributed by atoms with Gasteiger partial charge in [-0.3, -0.25) is 4.99 Å². The van der Waals surface area contributed by atoms with Gasteiger partial charge in [-0.05, 0) is 49.7 Å². The van der Waals surface area contributed by atoms with Gasteiger partial charge in [0, 0.05) is 39.3 Å². The predicted molar refractivity (Wildman–Crippen MR) is 121 cm³/mol. The molecule has 2 aliphatic rings. The van der Waals surface area contributed by atoms with Gasteiger partial charge in [0.15, 0.2) is 5.96 Å². The summed E-state index contributed by atoms with van der Waals surface area (Å²) in [5.41, 5.74) is 3.01. The topological polar surface area (TPSA) is 54.9 Å². The zero-order chi connectivity index (χ0) is 18.0. The predicted octanol–water partition coefficient (Wildman–Crippen LogP) is 3.48. The van der Waals surface area contributed by atoms with Crippen LogP contribution < -0.4 is 10.6 Å². The molecule has 0 aromatic heterocycles. The highest BCUT2D eigenvalue weighted by Crippen LogP contribution is 2.30. The van der Waals surface area contributed by atoms with Gasteiger partial charge in [0.1, 0.15) is 0 Å². The summed E-state index contributed by atoms with van der Waals surface area (Å²) in [6.07, 6.45) is 7.33. The van der Waals surface area contributed by atoms with Crippen molar-refractivity contribution >= 4 is 29.9 Å². The second-order valence-corrected chi connectivity index (χ2v) is 7.23. The van der Waals surface area contributed by atoms with E-state index in [1.807, 2.05) is 7.05 Å². The maximum absolute atomic E-state index is 5.70. The van der Waals surface area contributed by atoms with E-state index in [1.165, 1.54) is 36.8 Å². The summed E-state index contributed by atoms with van der Waals surface area (Å²) in [7, 11) is 1.83. The Kier molecular flexibility index (Phi) is 10.4. The van der Waals surface area contributed by atoms with Gasteiger partial charge < -0.3 is 20.1 Å². The van der Waals surface area contributed by atoms with Crippen molar-refractivity contribution in [2.75, 3.05) is 40.0 Å². The normalized spacial score (nSPS) is 22.0. The lowest BCUT2D eigenvalue weighted by Crippen LogP contribution is -2.40. The van der Waals surface area contributed by atoms with Crippen molar-refractivity contribution < 1.29 is 9.47 Å². The molecule has 1 aromatic rings. The molecule has 0 radical (unpaired) electrons. The van der Waals surface area contributed by atoms with E-state index in [9.17, 15) is 0 Å². The molecule has 1 saturated heterocycles. The molecule has 2 unspecified atom stereocenters. The highest BCUT2D eigenvalue weighted by atomic mass is 127. The third-order valence-corrected chi connectivity index (χ3v) is 5.32. The fraction of sp³-hybridized carbons (Fsp3) is 0.667. The van der Waals surface area contributed by atoms with Crippen molar-refractivity contribution in [1.29, 1.82) is 0 Å². The summed E-state index contributed by atoms with van der Waals surface area (Å²) in [4.78, 5) is 4.34. The highest BCUT2D eigenvalue weighted by molar-refractivity contribution is 14.0. The third kappa shape index (κ3) is 7.23. The van der Waals surface area contributed by atoms with E-state index >= 15 is 0 Å². The summed E-state index contributed by atoms with van der Waals surface area (Å²) < 4.78 is 11.3. The Labute approximate surface area is 180 Å². The summed E-state index contributed by atoms with van der Waals surface area (Å²) in [6, 6.07) is 8.85. The number of guanidine groups is 1.